The summed E-state index contributed by atoms with van der Waals surface area (Å²) in [7, 11) is -6.98. The molecule has 0 saturated carbocycles. The van der Waals surface area contributed by atoms with Crippen molar-refractivity contribution in [1.82, 2.24) is 39.0 Å². The highest BCUT2D eigenvalue weighted by molar-refractivity contribution is 7.48. The smallest absolute Gasteiger partial charge is 0.386 e. The minimum absolute atomic E-state index is 0.0426. The number of rotatable bonds is 4. The van der Waals surface area contributed by atoms with E-state index in [0.29, 0.717) is 0 Å². The molecule has 4 aromatic heterocycles. The molecule has 3 aliphatic rings. The maximum absolute atomic E-state index is 13.7. The third-order valence-electron chi connectivity index (χ3n) is 7.75. The third-order valence-corrected chi connectivity index (χ3v) is 10.6. The Morgan fingerprint density at radius 2 is 1.38 bits per heavy atom. The average molecular weight is 702 g/mol. The number of ether oxygens (including phenoxy) is 2. The predicted molar refractivity (Wildman–Crippen MR) is 153 cm³/mol. The zero-order valence-electron chi connectivity index (χ0n) is 24.3. The van der Waals surface area contributed by atoms with E-state index in [-0.39, 0.29) is 34.1 Å². The largest absolute Gasteiger partial charge is 0.475 e. The Kier molecular flexibility index (Phi) is 8.14. The number of nitrogens with one attached hydrogen (secondary N) is 1. The van der Waals surface area contributed by atoms with Gasteiger partial charge in [-0.25, -0.2) is 29.1 Å². The number of nitrogen functional groups attached to an aromatic ring is 2. The van der Waals surface area contributed by atoms with Crippen LogP contribution in [0.2, 0.25) is 0 Å². The average Bonchev–Trinajstić information content (AvgIpc) is 3.80. The number of hydrogen-bond acceptors (Lipinski definition) is 20. The van der Waals surface area contributed by atoms with Gasteiger partial charge in [0.15, 0.2) is 35.1 Å². The summed E-state index contributed by atoms with van der Waals surface area (Å²) in [4.78, 5) is 34.9. The first-order valence-electron chi connectivity index (χ1n) is 13.7. The summed E-state index contributed by atoms with van der Waals surface area (Å²) < 4.78 is 74.8. The molecule has 25 heteroatoms. The Labute approximate surface area is 262 Å². The van der Waals surface area contributed by atoms with Gasteiger partial charge in [-0.1, -0.05) is 0 Å². The number of nitrogens with two attached hydrogens (primary N) is 2. The number of hydrogen-bond donors (Lipinski definition) is 5. The number of aliphatic hydroxyl groups is 2. The molecule has 47 heavy (non-hydrogen) atoms. The molecule has 0 spiro atoms. The van der Waals surface area contributed by atoms with Crippen molar-refractivity contribution in [3.05, 3.63) is 29.3 Å². The fourth-order valence-corrected chi connectivity index (χ4v) is 7.77. The molecule has 7 heterocycles. The van der Waals surface area contributed by atoms with Crippen molar-refractivity contribution < 1.29 is 56.0 Å². The Balaban J connectivity index is 1.20. The van der Waals surface area contributed by atoms with E-state index in [2.05, 4.69) is 29.9 Å². The number of aromatic nitrogens is 8. The second-order valence-corrected chi connectivity index (χ2v) is 13.9. The number of aliphatic hydroxyl groups excluding tert-OH is 2. The van der Waals surface area contributed by atoms with Crippen molar-refractivity contribution in [3.63, 3.8) is 0 Å². The number of H-pyrrole nitrogens is 1. The van der Waals surface area contributed by atoms with E-state index in [9.17, 15) is 24.1 Å². The maximum Gasteiger partial charge on any atom is 0.475 e. The van der Waals surface area contributed by atoms with Crippen molar-refractivity contribution in [3.8, 4) is 0 Å². The van der Waals surface area contributed by atoms with Crippen LogP contribution in [0.3, 0.4) is 0 Å². The first kappa shape index (κ1) is 32.1. The third kappa shape index (κ3) is 5.53. The van der Waals surface area contributed by atoms with Gasteiger partial charge in [0.1, 0.15) is 48.5 Å². The van der Waals surface area contributed by atoms with Crippen molar-refractivity contribution in [2.45, 2.75) is 49.1 Å². The van der Waals surface area contributed by atoms with Crippen LogP contribution in [0, 0.1) is 0 Å². The van der Waals surface area contributed by atoms with Gasteiger partial charge in [-0.15, -0.1) is 0 Å². The summed E-state index contributed by atoms with van der Waals surface area (Å²) in [5.41, 5.74) is 11.2. The fraction of sp³-hybridized carbons (Fsp3) is 0.545. The minimum Gasteiger partial charge on any atom is -0.386 e. The Bertz CT molecular complexity index is 1970. The van der Waals surface area contributed by atoms with Gasteiger partial charge in [0.05, 0.1) is 25.9 Å². The number of nitrogens with zero attached hydrogens (tertiary/aromatic N) is 7. The Morgan fingerprint density at radius 1 is 0.851 bits per heavy atom. The zero-order valence-corrected chi connectivity index (χ0v) is 26.1. The first-order chi connectivity index (χ1) is 22.4. The van der Waals surface area contributed by atoms with Crippen LogP contribution in [0.25, 0.3) is 22.3 Å². The highest BCUT2D eigenvalue weighted by Crippen LogP contribution is 2.57. The van der Waals surface area contributed by atoms with Crippen LogP contribution in [0.15, 0.2) is 23.8 Å². The molecule has 10 atom stereocenters. The molecule has 3 aliphatic heterocycles. The molecule has 0 aliphatic carbocycles. The van der Waals surface area contributed by atoms with Gasteiger partial charge < -0.3 is 31.2 Å². The van der Waals surface area contributed by atoms with Crippen LogP contribution in [-0.4, -0.2) is 113 Å². The summed E-state index contributed by atoms with van der Waals surface area (Å²) >= 11 is 0. The van der Waals surface area contributed by atoms with Gasteiger partial charge in [0.2, 0.25) is 5.95 Å². The molecule has 0 bridgehead atoms. The van der Waals surface area contributed by atoms with Gasteiger partial charge in [0.25, 0.3) is 5.56 Å². The molecule has 7 rings (SSSR count). The molecule has 4 unspecified atom stereocenters. The summed E-state index contributed by atoms with van der Waals surface area (Å²) in [6.07, 6.45) is -7.79. The van der Waals surface area contributed by atoms with Crippen molar-refractivity contribution >= 4 is 49.7 Å². The van der Waals surface area contributed by atoms with E-state index in [1.165, 1.54) is 28.1 Å². The molecule has 0 aromatic carbocycles. The fourth-order valence-electron chi connectivity index (χ4n) is 5.49. The van der Waals surface area contributed by atoms with E-state index in [4.69, 9.17) is 48.1 Å². The van der Waals surface area contributed by atoms with Crippen LogP contribution in [-0.2, 0) is 45.7 Å². The highest BCUT2D eigenvalue weighted by Gasteiger charge is 2.54. The minimum atomic E-state index is -4.54. The van der Waals surface area contributed by atoms with Crippen LogP contribution in [0.1, 0.15) is 12.5 Å². The summed E-state index contributed by atoms with van der Waals surface area (Å²) in [5.74, 6) is -0.149. The van der Waals surface area contributed by atoms with Crippen molar-refractivity contribution in [2.24, 2.45) is 0 Å². The monoisotopic (exact) mass is 702 g/mol. The van der Waals surface area contributed by atoms with E-state index >= 15 is 0 Å². The van der Waals surface area contributed by atoms with Gasteiger partial charge in [0, 0.05) is 14.2 Å². The number of fused-ring (bicyclic) bond motifs is 4. The maximum atomic E-state index is 13.7. The molecule has 0 radical (unpaired) electrons. The van der Waals surface area contributed by atoms with E-state index < -0.39 is 83.5 Å². The quantitative estimate of drug-likeness (QED) is 0.159. The standard InChI is InChI=1S/C22H28N10O13P2/c1-38-46(36)41-4-9-15(13(34)21(43-9)32-7-28-11-18(32)29-22(24)30-19(11)35)45-47(37,39-2)40-3-8-14(44-46)12(33)20(42-8)31-6-27-10-16(23)25-5-26-17(10)31/h5-9,12-15,20-21,33-34H,3-4H2,1-2H3,(H2,23,25,26)(H3,24,29,30,35)/t8-,9-,12?,13?,14+,15+,20-,21-,46?,47?/m1/s1. The number of phosphoric ester groups is 2. The summed E-state index contributed by atoms with van der Waals surface area (Å²) in [6.45, 7) is -1.26. The van der Waals surface area contributed by atoms with E-state index in [1.54, 1.807) is 0 Å². The molecular weight excluding hydrogens is 674 g/mol. The lowest BCUT2D eigenvalue weighted by Crippen LogP contribution is -2.39. The lowest BCUT2D eigenvalue weighted by Gasteiger charge is -2.29. The Hall–Kier alpha value is -3.44. The molecule has 23 nitrogen and oxygen atoms in total. The lowest BCUT2D eigenvalue weighted by atomic mass is 10.1. The summed E-state index contributed by atoms with van der Waals surface area (Å²) in [6, 6.07) is 0. The Morgan fingerprint density at radius 3 is 1.94 bits per heavy atom. The highest BCUT2D eigenvalue weighted by atomic mass is 31.2. The molecule has 3 fully saturated rings. The molecule has 4 aromatic rings. The second-order valence-electron chi connectivity index (χ2n) is 10.5. The topological polar surface area (TPSA) is 308 Å². The normalized spacial score (nSPS) is 36.6. The van der Waals surface area contributed by atoms with Gasteiger partial charge in [-0.05, 0) is 0 Å². The molecule has 254 valence electrons. The molecule has 0 amide bonds. The van der Waals surface area contributed by atoms with Gasteiger partial charge >= 0.3 is 15.6 Å². The molecular formula is C22H28N10O13P2. The molecule has 7 N–H and O–H groups in total. The predicted octanol–water partition coefficient (Wildman–Crippen LogP) is -1.03. The number of anilines is 2. The second kappa shape index (κ2) is 11.9. The SMILES string of the molecule is COP1(=O)OC[C@H]2O[C@@H](n3cnc4c(=O)[nH]c(N)nc43)C(O)[C@H]2OP(=O)(OC)OC[C@H]2O[C@@H](n3cnc4c(N)ncnc43)C(O)[C@H]2O1. The summed E-state index contributed by atoms with van der Waals surface area (Å²) in [5, 5.41) is 22.7. The lowest BCUT2D eigenvalue weighted by molar-refractivity contribution is -0.0685. The van der Waals surface area contributed by atoms with Crippen LogP contribution in [0.4, 0.5) is 11.8 Å². The van der Waals surface area contributed by atoms with Crippen LogP contribution >= 0.6 is 15.6 Å². The van der Waals surface area contributed by atoms with Crippen molar-refractivity contribution in [1.29, 1.82) is 0 Å². The van der Waals surface area contributed by atoms with E-state index in [0.717, 1.165) is 14.2 Å². The number of imidazole rings is 2. The van der Waals surface area contributed by atoms with Crippen LogP contribution in [0.5, 0.6) is 0 Å². The van der Waals surface area contributed by atoms with Crippen LogP contribution < -0.4 is 17.0 Å². The number of aromatic amines is 1. The number of phosphoric acid groups is 2. The molecule has 3 saturated heterocycles. The zero-order chi connectivity index (χ0) is 33.2. The van der Waals surface area contributed by atoms with Gasteiger partial charge in [-0.3, -0.25) is 46.1 Å². The first-order valence-corrected chi connectivity index (χ1v) is 16.7. The van der Waals surface area contributed by atoms with Crippen molar-refractivity contribution in [2.75, 3.05) is 38.9 Å². The van der Waals surface area contributed by atoms with Gasteiger partial charge in [-0.2, -0.15) is 4.98 Å². The van der Waals surface area contributed by atoms with E-state index in [1.807, 2.05) is 0 Å².